The third-order valence-corrected chi connectivity index (χ3v) is 3.01. The van der Waals surface area contributed by atoms with Gasteiger partial charge in [-0.05, 0) is 37.4 Å². The Kier molecular flexibility index (Phi) is 3.98. The number of hydrogen-bond acceptors (Lipinski definition) is 3. The Morgan fingerprint density at radius 1 is 1.47 bits per heavy atom. The molecule has 4 heteroatoms. The normalized spacial score (nSPS) is 12.8. The maximum absolute atomic E-state index is 5.59. The van der Waals surface area contributed by atoms with Gasteiger partial charge < -0.3 is 11.1 Å². The van der Waals surface area contributed by atoms with Crippen molar-refractivity contribution in [2.45, 2.75) is 19.8 Å². The van der Waals surface area contributed by atoms with Crippen LogP contribution in [-0.4, -0.2) is 22.5 Å². The first kappa shape index (κ1) is 11.9. The number of anilines is 1. The van der Waals surface area contributed by atoms with Gasteiger partial charge in [-0.1, -0.05) is 13.0 Å². The van der Waals surface area contributed by atoms with Crippen molar-refractivity contribution in [2.24, 2.45) is 11.7 Å². The highest BCUT2D eigenvalue weighted by Crippen LogP contribution is 2.11. The Labute approximate surface area is 102 Å². The lowest BCUT2D eigenvalue weighted by Crippen LogP contribution is -2.13. The average molecular weight is 232 g/mol. The van der Waals surface area contributed by atoms with Gasteiger partial charge in [0, 0.05) is 18.9 Å². The van der Waals surface area contributed by atoms with Crippen LogP contribution in [0.1, 0.15) is 19.8 Å². The molecule has 0 bridgehead atoms. The van der Waals surface area contributed by atoms with Crippen molar-refractivity contribution in [3.8, 4) is 0 Å². The summed E-state index contributed by atoms with van der Waals surface area (Å²) in [4.78, 5) is 4.26. The van der Waals surface area contributed by atoms with Crippen molar-refractivity contribution >= 4 is 11.5 Å². The van der Waals surface area contributed by atoms with Crippen LogP contribution in [0.3, 0.4) is 0 Å². The molecule has 2 aromatic heterocycles. The lowest BCUT2D eigenvalue weighted by molar-refractivity contribution is 0.529. The van der Waals surface area contributed by atoms with Crippen LogP contribution in [0.5, 0.6) is 0 Å². The van der Waals surface area contributed by atoms with Crippen LogP contribution in [0.4, 0.5) is 5.82 Å². The predicted molar refractivity (Wildman–Crippen MR) is 71.1 cm³/mol. The zero-order chi connectivity index (χ0) is 12.1. The number of pyridine rings is 1. The lowest BCUT2D eigenvalue weighted by Gasteiger charge is -2.11. The molecule has 1 atom stereocenters. The highest BCUT2D eigenvalue weighted by Gasteiger charge is 2.01. The summed E-state index contributed by atoms with van der Waals surface area (Å²) in [6.45, 7) is 3.94. The molecule has 2 aromatic rings. The number of imidazole rings is 1. The van der Waals surface area contributed by atoms with Crippen LogP contribution in [0, 0.1) is 5.92 Å². The number of rotatable bonds is 6. The van der Waals surface area contributed by atoms with Crippen LogP contribution >= 0.6 is 0 Å². The van der Waals surface area contributed by atoms with Crippen molar-refractivity contribution in [1.29, 1.82) is 0 Å². The molecule has 0 saturated carbocycles. The van der Waals surface area contributed by atoms with E-state index in [9.17, 15) is 0 Å². The SMILES string of the molecule is CC(CN)CCCNc1cccc2nccn12. The minimum atomic E-state index is 0.612. The molecule has 0 aliphatic carbocycles. The van der Waals surface area contributed by atoms with Crippen molar-refractivity contribution in [2.75, 3.05) is 18.4 Å². The molecule has 0 aliphatic heterocycles. The van der Waals surface area contributed by atoms with Crippen molar-refractivity contribution < 1.29 is 0 Å². The largest absolute Gasteiger partial charge is 0.371 e. The second-order valence-corrected chi connectivity index (χ2v) is 4.48. The summed E-state index contributed by atoms with van der Waals surface area (Å²) < 4.78 is 2.06. The number of nitrogens with two attached hydrogens (primary N) is 1. The van der Waals surface area contributed by atoms with Gasteiger partial charge in [0.25, 0.3) is 0 Å². The van der Waals surface area contributed by atoms with E-state index in [1.54, 1.807) is 0 Å². The molecule has 0 radical (unpaired) electrons. The van der Waals surface area contributed by atoms with E-state index in [0.717, 1.165) is 31.0 Å². The monoisotopic (exact) mass is 232 g/mol. The van der Waals surface area contributed by atoms with Crippen molar-refractivity contribution in [1.82, 2.24) is 9.38 Å². The Morgan fingerprint density at radius 2 is 2.35 bits per heavy atom. The minimum absolute atomic E-state index is 0.612. The molecule has 3 N–H and O–H groups in total. The van der Waals surface area contributed by atoms with Gasteiger partial charge in [0.15, 0.2) is 0 Å². The number of nitrogens with zero attached hydrogens (tertiary/aromatic N) is 2. The highest BCUT2D eigenvalue weighted by atomic mass is 15.1. The van der Waals surface area contributed by atoms with E-state index in [1.807, 2.05) is 24.5 Å². The zero-order valence-corrected chi connectivity index (χ0v) is 10.3. The Hall–Kier alpha value is -1.55. The van der Waals surface area contributed by atoms with Gasteiger partial charge in [-0.15, -0.1) is 0 Å². The fourth-order valence-electron chi connectivity index (χ4n) is 1.88. The molecule has 0 aromatic carbocycles. The quantitative estimate of drug-likeness (QED) is 0.750. The molecule has 92 valence electrons. The molecular formula is C13H20N4. The first-order valence-corrected chi connectivity index (χ1v) is 6.17. The van der Waals surface area contributed by atoms with Gasteiger partial charge in [-0.3, -0.25) is 4.40 Å². The minimum Gasteiger partial charge on any atom is -0.371 e. The summed E-state index contributed by atoms with van der Waals surface area (Å²) in [5, 5.41) is 3.44. The molecule has 2 heterocycles. The molecule has 1 unspecified atom stereocenters. The van der Waals surface area contributed by atoms with Gasteiger partial charge in [0.2, 0.25) is 0 Å². The van der Waals surface area contributed by atoms with E-state index >= 15 is 0 Å². The molecule has 17 heavy (non-hydrogen) atoms. The molecule has 0 aliphatic rings. The third-order valence-electron chi connectivity index (χ3n) is 3.01. The Bertz CT molecular complexity index is 463. The molecule has 2 rings (SSSR count). The van der Waals surface area contributed by atoms with Gasteiger partial charge in [-0.25, -0.2) is 4.98 Å². The van der Waals surface area contributed by atoms with E-state index in [4.69, 9.17) is 5.73 Å². The van der Waals surface area contributed by atoms with Gasteiger partial charge in [0.1, 0.15) is 11.5 Å². The number of nitrogens with one attached hydrogen (secondary N) is 1. The number of hydrogen-bond donors (Lipinski definition) is 2. The first-order chi connectivity index (χ1) is 8.31. The van der Waals surface area contributed by atoms with Crippen LogP contribution in [0.25, 0.3) is 5.65 Å². The fourth-order valence-corrected chi connectivity index (χ4v) is 1.88. The molecule has 0 saturated heterocycles. The standard InChI is InChI=1S/C13H20N4/c1-11(10-14)4-3-7-15-12-5-2-6-13-16-8-9-17(12)13/h2,5-6,8-9,11,15H,3-4,7,10,14H2,1H3. The molecular weight excluding hydrogens is 212 g/mol. The number of fused-ring (bicyclic) bond motifs is 1. The zero-order valence-electron chi connectivity index (χ0n) is 10.3. The fraction of sp³-hybridized carbons (Fsp3) is 0.462. The summed E-state index contributed by atoms with van der Waals surface area (Å²) in [5.74, 6) is 1.71. The average Bonchev–Trinajstić information content (AvgIpc) is 2.83. The van der Waals surface area contributed by atoms with E-state index in [2.05, 4.69) is 27.7 Å². The van der Waals surface area contributed by atoms with Crippen LogP contribution < -0.4 is 11.1 Å². The smallest absolute Gasteiger partial charge is 0.138 e. The second-order valence-electron chi connectivity index (χ2n) is 4.48. The summed E-state index contributed by atoms with van der Waals surface area (Å²) in [5.41, 5.74) is 6.57. The second kappa shape index (κ2) is 5.68. The molecule has 0 fully saturated rings. The van der Waals surface area contributed by atoms with Gasteiger partial charge >= 0.3 is 0 Å². The highest BCUT2D eigenvalue weighted by molar-refractivity contribution is 5.49. The predicted octanol–water partition coefficient (Wildman–Crippen LogP) is 2.12. The maximum Gasteiger partial charge on any atom is 0.138 e. The maximum atomic E-state index is 5.59. The summed E-state index contributed by atoms with van der Waals surface area (Å²) >= 11 is 0. The topological polar surface area (TPSA) is 55.3 Å². The molecule has 4 nitrogen and oxygen atoms in total. The van der Waals surface area contributed by atoms with Crippen molar-refractivity contribution in [3.05, 3.63) is 30.6 Å². The van der Waals surface area contributed by atoms with E-state index in [-0.39, 0.29) is 0 Å². The van der Waals surface area contributed by atoms with Crippen LogP contribution in [0.2, 0.25) is 0 Å². The van der Waals surface area contributed by atoms with Gasteiger partial charge in [-0.2, -0.15) is 0 Å². The Balaban J connectivity index is 1.88. The third kappa shape index (κ3) is 2.97. The molecule has 0 amide bonds. The number of aromatic nitrogens is 2. The lowest BCUT2D eigenvalue weighted by atomic mass is 10.1. The first-order valence-electron chi connectivity index (χ1n) is 6.17. The van der Waals surface area contributed by atoms with Crippen molar-refractivity contribution in [3.63, 3.8) is 0 Å². The van der Waals surface area contributed by atoms with E-state index < -0.39 is 0 Å². The van der Waals surface area contributed by atoms with Gasteiger partial charge in [0.05, 0.1) is 0 Å². The Morgan fingerprint density at radius 3 is 3.18 bits per heavy atom. The summed E-state index contributed by atoms with van der Waals surface area (Å²) in [6.07, 6.45) is 6.10. The summed E-state index contributed by atoms with van der Waals surface area (Å²) in [7, 11) is 0. The molecule has 0 spiro atoms. The van der Waals surface area contributed by atoms with E-state index in [0.29, 0.717) is 5.92 Å². The van der Waals surface area contributed by atoms with Crippen LogP contribution in [-0.2, 0) is 0 Å². The van der Waals surface area contributed by atoms with E-state index in [1.165, 1.54) is 6.42 Å². The summed E-state index contributed by atoms with van der Waals surface area (Å²) in [6, 6.07) is 6.09. The van der Waals surface area contributed by atoms with Crippen LogP contribution in [0.15, 0.2) is 30.6 Å².